The summed E-state index contributed by atoms with van der Waals surface area (Å²) in [4.78, 5) is 27.9. The van der Waals surface area contributed by atoms with Crippen LogP contribution in [0, 0.1) is 0 Å². The number of benzene rings is 2. The highest BCUT2D eigenvalue weighted by molar-refractivity contribution is 5.90. The van der Waals surface area contributed by atoms with Gasteiger partial charge >= 0.3 is 6.03 Å². The Labute approximate surface area is 166 Å². The Balaban J connectivity index is 1.54. The molecule has 0 atom stereocenters. The Bertz CT molecular complexity index is 825. The first-order valence-corrected chi connectivity index (χ1v) is 9.71. The number of nitrogens with zero attached hydrogens (tertiary/aromatic N) is 2. The summed E-state index contributed by atoms with van der Waals surface area (Å²) in [7, 11) is 0. The molecule has 1 aliphatic rings. The van der Waals surface area contributed by atoms with Crippen LogP contribution < -0.4 is 15.5 Å². The van der Waals surface area contributed by atoms with Crippen LogP contribution in [0.4, 0.5) is 21.9 Å². The van der Waals surface area contributed by atoms with Crippen molar-refractivity contribution >= 4 is 29.0 Å². The number of piperazine rings is 1. The van der Waals surface area contributed by atoms with Crippen LogP contribution in [-0.2, 0) is 4.79 Å². The third-order valence-electron chi connectivity index (χ3n) is 4.93. The SMILES string of the molecule is CC(=O)Nc1cccc(N2CCN(C(=O)Nc3ccc(C(C)C)cc3)CC2)c1. The molecule has 1 fully saturated rings. The van der Waals surface area contributed by atoms with Crippen molar-refractivity contribution in [2.24, 2.45) is 0 Å². The molecule has 1 saturated heterocycles. The molecular weight excluding hydrogens is 352 g/mol. The Morgan fingerprint density at radius 3 is 2.18 bits per heavy atom. The Kier molecular flexibility index (Phi) is 6.19. The van der Waals surface area contributed by atoms with E-state index < -0.39 is 0 Å². The second kappa shape index (κ2) is 8.78. The Hall–Kier alpha value is -3.02. The Morgan fingerprint density at radius 2 is 1.57 bits per heavy atom. The Morgan fingerprint density at radius 1 is 0.893 bits per heavy atom. The number of carbonyl (C=O) groups is 2. The van der Waals surface area contributed by atoms with E-state index in [2.05, 4.69) is 41.5 Å². The molecule has 148 valence electrons. The number of urea groups is 1. The maximum Gasteiger partial charge on any atom is 0.321 e. The van der Waals surface area contributed by atoms with Crippen LogP contribution >= 0.6 is 0 Å². The number of rotatable bonds is 4. The van der Waals surface area contributed by atoms with Gasteiger partial charge in [0.15, 0.2) is 0 Å². The molecule has 6 heteroatoms. The van der Waals surface area contributed by atoms with Crippen molar-refractivity contribution in [3.63, 3.8) is 0 Å². The van der Waals surface area contributed by atoms with E-state index in [0.29, 0.717) is 19.0 Å². The van der Waals surface area contributed by atoms with E-state index in [1.54, 1.807) is 0 Å². The molecule has 0 aliphatic carbocycles. The molecule has 1 heterocycles. The molecule has 6 nitrogen and oxygen atoms in total. The lowest BCUT2D eigenvalue weighted by molar-refractivity contribution is -0.114. The zero-order valence-corrected chi connectivity index (χ0v) is 16.7. The number of carbonyl (C=O) groups excluding carboxylic acids is 2. The molecule has 2 aromatic carbocycles. The van der Waals surface area contributed by atoms with Crippen molar-refractivity contribution in [1.29, 1.82) is 0 Å². The fraction of sp³-hybridized carbons (Fsp3) is 0.364. The van der Waals surface area contributed by atoms with Gasteiger partial charge in [0.25, 0.3) is 0 Å². The largest absolute Gasteiger partial charge is 0.368 e. The fourth-order valence-corrected chi connectivity index (χ4v) is 3.31. The van der Waals surface area contributed by atoms with Crippen molar-refractivity contribution < 1.29 is 9.59 Å². The van der Waals surface area contributed by atoms with Crippen LogP contribution in [-0.4, -0.2) is 43.0 Å². The highest BCUT2D eigenvalue weighted by Crippen LogP contribution is 2.22. The predicted molar refractivity (Wildman–Crippen MR) is 114 cm³/mol. The standard InChI is InChI=1S/C22H28N4O2/c1-16(2)18-7-9-19(10-8-18)24-22(28)26-13-11-25(12-14-26)21-6-4-5-20(15-21)23-17(3)27/h4-10,15-16H,11-14H2,1-3H3,(H,23,27)(H,24,28). The van der Waals surface area contributed by atoms with Gasteiger partial charge in [-0.3, -0.25) is 4.79 Å². The minimum absolute atomic E-state index is 0.0658. The first-order valence-electron chi connectivity index (χ1n) is 9.71. The first-order chi connectivity index (χ1) is 13.4. The third-order valence-corrected chi connectivity index (χ3v) is 4.93. The molecule has 0 spiro atoms. The average Bonchev–Trinajstić information content (AvgIpc) is 2.68. The summed E-state index contributed by atoms with van der Waals surface area (Å²) in [6.45, 7) is 8.62. The van der Waals surface area contributed by atoms with E-state index in [0.717, 1.165) is 30.2 Å². The van der Waals surface area contributed by atoms with Crippen LogP contribution in [0.5, 0.6) is 0 Å². The normalized spacial score (nSPS) is 14.1. The van der Waals surface area contributed by atoms with Crippen molar-refractivity contribution in [1.82, 2.24) is 4.90 Å². The van der Waals surface area contributed by atoms with E-state index >= 15 is 0 Å². The van der Waals surface area contributed by atoms with Gasteiger partial charge in [0.1, 0.15) is 0 Å². The second-order valence-corrected chi connectivity index (χ2v) is 7.41. The van der Waals surface area contributed by atoms with Gasteiger partial charge in [0.05, 0.1) is 0 Å². The van der Waals surface area contributed by atoms with Crippen molar-refractivity contribution in [2.45, 2.75) is 26.7 Å². The zero-order chi connectivity index (χ0) is 20.1. The molecule has 0 saturated carbocycles. The summed E-state index contributed by atoms with van der Waals surface area (Å²) in [5.74, 6) is 0.391. The van der Waals surface area contributed by atoms with Crippen LogP contribution in [0.15, 0.2) is 48.5 Å². The van der Waals surface area contributed by atoms with Gasteiger partial charge in [-0.05, 0) is 41.8 Å². The van der Waals surface area contributed by atoms with Gasteiger partial charge < -0.3 is 20.4 Å². The van der Waals surface area contributed by atoms with Crippen LogP contribution in [0.2, 0.25) is 0 Å². The van der Waals surface area contributed by atoms with E-state index in [1.807, 2.05) is 41.3 Å². The molecule has 0 unspecified atom stereocenters. The van der Waals surface area contributed by atoms with Crippen molar-refractivity contribution in [3.05, 3.63) is 54.1 Å². The van der Waals surface area contributed by atoms with Gasteiger partial charge in [-0.1, -0.05) is 32.0 Å². The number of amides is 3. The molecule has 28 heavy (non-hydrogen) atoms. The van der Waals surface area contributed by atoms with Crippen molar-refractivity contribution in [2.75, 3.05) is 41.7 Å². The predicted octanol–water partition coefficient (Wildman–Crippen LogP) is 4.12. The molecule has 2 N–H and O–H groups in total. The van der Waals surface area contributed by atoms with Crippen molar-refractivity contribution in [3.8, 4) is 0 Å². The smallest absolute Gasteiger partial charge is 0.321 e. The number of hydrogen-bond acceptors (Lipinski definition) is 3. The molecule has 0 aromatic heterocycles. The number of hydrogen-bond donors (Lipinski definition) is 2. The quantitative estimate of drug-likeness (QED) is 0.838. The van der Waals surface area contributed by atoms with E-state index in [9.17, 15) is 9.59 Å². The van der Waals surface area contributed by atoms with Crippen LogP contribution in [0.1, 0.15) is 32.3 Å². The molecule has 3 rings (SSSR count). The number of anilines is 3. The van der Waals surface area contributed by atoms with Crippen LogP contribution in [0.3, 0.4) is 0 Å². The number of nitrogens with one attached hydrogen (secondary N) is 2. The summed E-state index contributed by atoms with van der Waals surface area (Å²) in [6.07, 6.45) is 0. The van der Waals surface area contributed by atoms with Crippen LogP contribution in [0.25, 0.3) is 0 Å². The van der Waals surface area contributed by atoms with Gasteiger partial charge in [0, 0.05) is 50.2 Å². The topological polar surface area (TPSA) is 64.7 Å². The monoisotopic (exact) mass is 380 g/mol. The summed E-state index contributed by atoms with van der Waals surface area (Å²) in [5.41, 5.74) is 3.92. The maximum absolute atomic E-state index is 12.6. The lowest BCUT2D eigenvalue weighted by Gasteiger charge is -2.36. The lowest BCUT2D eigenvalue weighted by atomic mass is 10.0. The second-order valence-electron chi connectivity index (χ2n) is 7.41. The van der Waals surface area contributed by atoms with E-state index in [4.69, 9.17) is 0 Å². The molecule has 0 bridgehead atoms. The fourth-order valence-electron chi connectivity index (χ4n) is 3.31. The highest BCUT2D eigenvalue weighted by Gasteiger charge is 2.21. The third kappa shape index (κ3) is 5.03. The average molecular weight is 380 g/mol. The summed E-state index contributed by atoms with van der Waals surface area (Å²) in [6, 6.07) is 15.8. The summed E-state index contributed by atoms with van der Waals surface area (Å²) in [5, 5.41) is 5.79. The van der Waals surface area contributed by atoms with Gasteiger partial charge in [-0.15, -0.1) is 0 Å². The van der Waals surface area contributed by atoms with Gasteiger partial charge in [0.2, 0.25) is 5.91 Å². The highest BCUT2D eigenvalue weighted by atomic mass is 16.2. The van der Waals surface area contributed by atoms with E-state index in [-0.39, 0.29) is 11.9 Å². The molecule has 1 aliphatic heterocycles. The zero-order valence-electron chi connectivity index (χ0n) is 16.7. The lowest BCUT2D eigenvalue weighted by Crippen LogP contribution is -2.50. The van der Waals surface area contributed by atoms with Gasteiger partial charge in [-0.25, -0.2) is 4.79 Å². The molecular formula is C22H28N4O2. The minimum atomic E-state index is -0.0833. The minimum Gasteiger partial charge on any atom is -0.368 e. The first kappa shape index (κ1) is 19.7. The van der Waals surface area contributed by atoms with Gasteiger partial charge in [-0.2, -0.15) is 0 Å². The van der Waals surface area contributed by atoms with E-state index in [1.165, 1.54) is 12.5 Å². The molecule has 0 radical (unpaired) electrons. The molecule has 2 aromatic rings. The summed E-state index contributed by atoms with van der Waals surface area (Å²) >= 11 is 0. The maximum atomic E-state index is 12.6. The molecule has 3 amide bonds. The summed E-state index contributed by atoms with van der Waals surface area (Å²) < 4.78 is 0.